The van der Waals surface area contributed by atoms with Crippen molar-refractivity contribution in [3.8, 4) is 17.2 Å². The number of ether oxygens (including phenoxy) is 1. The summed E-state index contributed by atoms with van der Waals surface area (Å²) in [5, 5.41) is 4.64. The van der Waals surface area contributed by atoms with Gasteiger partial charge in [-0.25, -0.2) is 0 Å². The molecule has 0 spiro atoms. The first-order valence-corrected chi connectivity index (χ1v) is 9.75. The Balaban J connectivity index is 1.34. The summed E-state index contributed by atoms with van der Waals surface area (Å²) in [6.07, 6.45) is 0. The molecule has 0 unspecified atom stereocenters. The summed E-state index contributed by atoms with van der Waals surface area (Å²) in [6.45, 7) is 3.34. The number of carbonyl (C=O) groups excluding carboxylic acids is 1. The Morgan fingerprint density at radius 1 is 1.14 bits per heavy atom. The Hall–Kier alpha value is -2.90. The van der Waals surface area contributed by atoms with Gasteiger partial charge >= 0.3 is 0 Å². The molecular formula is C21H21ClN4O3. The van der Waals surface area contributed by atoms with Crippen LogP contribution < -0.4 is 4.74 Å². The quantitative estimate of drug-likeness (QED) is 0.640. The third kappa shape index (κ3) is 4.41. The summed E-state index contributed by atoms with van der Waals surface area (Å²) in [7, 11) is 1.59. The first-order valence-electron chi connectivity index (χ1n) is 9.37. The maximum Gasteiger partial charge on any atom is 0.259 e. The standard InChI is InChI=1S/C21H21ClN4O3/c1-28-16-6-4-5-15(13-16)21(27)26-11-9-25(10-12-26)14-19-23-20(29-24-19)17-7-2-3-8-18(17)22/h2-8,13H,9-12,14H2,1H3. The smallest absolute Gasteiger partial charge is 0.259 e. The van der Waals surface area contributed by atoms with Crippen molar-refractivity contribution < 1.29 is 14.1 Å². The Kier molecular flexibility index (Phi) is 5.78. The molecular weight excluding hydrogens is 392 g/mol. The van der Waals surface area contributed by atoms with E-state index in [0.29, 0.717) is 47.7 Å². The fourth-order valence-electron chi connectivity index (χ4n) is 3.31. The number of piperazine rings is 1. The lowest BCUT2D eigenvalue weighted by Gasteiger charge is -2.34. The van der Waals surface area contributed by atoms with Gasteiger partial charge < -0.3 is 14.2 Å². The second-order valence-corrected chi connectivity index (χ2v) is 7.20. The number of hydrogen-bond acceptors (Lipinski definition) is 6. The van der Waals surface area contributed by atoms with Crippen LogP contribution in [0.2, 0.25) is 5.02 Å². The van der Waals surface area contributed by atoms with Crippen LogP contribution in [0.3, 0.4) is 0 Å². The summed E-state index contributed by atoms with van der Waals surface area (Å²) in [6, 6.07) is 14.6. The number of methoxy groups -OCH3 is 1. The third-order valence-corrected chi connectivity index (χ3v) is 5.24. The van der Waals surface area contributed by atoms with Crippen molar-refractivity contribution in [2.24, 2.45) is 0 Å². The lowest BCUT2D eigenvalue weighted by molar-refractivity contribution is 0.0624. The fourth-order valence-corrected chi connectivity index (χ4v) is 3.53. The number of benzene rings is 2. The third-order valence-electron chi connectivity index (χ3n) is 4.91. The molecule has 1 aliphatic heterocycles. The molecule has 0 saturated carbocycles. The van der Waals surface area contributed by atoms with Crippen LogP contribution in [-0.2, 0) is 6.54 Å². The van der Waals surface area contributed by atoms with Gasteiger partial charge in [-0.1, -0.05) is 35.0 Å². The Bertz CT molecular complexity index is 999. The monoisotopic (exact) mass is 412 g/mol. The lowest BCUT2D eigenvalue weighted by atomic mass is 10.1. The normalized spacial score (nSPS) is 14.8. The number of hydrogen-bond donors (Lipinski definition) is 0. The van der Waals surface area contributed by atoms with Gasteiger partial charge in [0.15, 0.2) is 5.82 Å². The summed E-state index contributed by atoms with van der Waals surface area (Å²) >= 11 is 6.19. The maximum atomic E-state index is 12.7. The summed E-state index contributed by atoms with van der Waals surface area (Å²) in [4.78, 5) is 21.2. The van der Waals surface area contributed by atoms with E-state index in [9.17, 15) is 4.79 Å². The van der Waals surface area contributed by atoms with Gasteiger partial charge in [0.1, 0.15) is 5.75 Å². The van der Waals surface area contributed by atoms with Gasteiger partial charge in [-0.3, -0.25) is 9.69 Å². The second kappa shape index (κ2) is 8.63. The van der Waals surface area contributed by atoms with Crippen LogP contribution in [0.25, 0.3) is 11.5 Å². The van der Waals surface area contributed by atoms with E-state index in [-0.39, 0.29) is 5.91 Å². The van der Waals surface area contributed by atoms with Crippen molar-refractivity contribution >= 4 is 17.5 Å². The van der Waals surface area contributed by atoms with E-state index in [1.165, 1.54) is 0 Å². The predicted octanol–water partition coefficient (Wildman–Crippen LogP) is 3.36. The second-order valence-electron chi connectivity index (χ2n) is 6.80. The molecule has 29 heavy (non-hydrogen) atoms. The molecule has 8 heteroatoms. The Morgan fingerprint density at radius 2 is 1.93 bits per heavy atom. The van der Waals surface area contributed by atoms with Crippen LogP contribution in [0.5, 0.6) is 5.75 Å². The zero-order chi connectivity index (χ0) is 20.2. The lowest BCUT2D eigenvalue weighted by Crippen LogP contribution is -2.48. The van der Waals surface area contributed by atoms with Gasteiger partial charge in [0, 0.05) is 31.7 Å². The number of aromatic nitrogens is 2. The number of amides is 1. The predicted molar refractivity (Wildman–Crippen MR) is 109 cm³/mol. The molecule has 1 amide bonds. The van der Waals surface area contributed by atoms with Crippen molar-refractivity contribution in [3.63, 3.8) is 0 Å². The van der Waals surface area contributed by atoms with Crippen LogP contribution in [0.15, 0.2) is 53.1 Å². The van der Waals surface area contributed by atoms with Gasteiger partial charge in [-0.2, -0.15) is 4.98 Å². The zero-order valence-electron chi connectivity index (χ0n) is 16.0. The highest BCUT2D eigenvalue weighted by atomic mass is 35.5. The zero-order valence-corrected chi connectivity index (χ0v) is 16.8. The first kappa shape index (κ1) is 19.4. The van der Waals surface area contributed by atoms with Crippen LogP contribution >= 0.6 is 11.6 Å². The molecule has 2 heterocycles. The average Bonchev–Trinajstić information content (AvgIpc) is 3.22. The van der Waals surface area contributed by atoms with Gasteiger partial charge in [0.2, 0.25) is 0 Å². The molecule has 2 aromatic carbocycles. The Morgan fingerprint density at radius 3 is 2.69 bits per heavy atom. The molecule has 1 fully saturated rings. The van der Waals surface area contributed by atoms with Crippen molar-refractivity contribution in [3.05, 3.63) is 64.9 Å². The highest BCUT2D eigenvalue weighted by Crippen LogP contribution is 2.26. The number of carbonyl (C=O) groups is 1. The van der Waals surface area contributed by atoms with Crippen LogP contribution in [0, 0.1) is 0 Å². The van der Waals surface area contributed by atoms with E-state index < -0.39 is 0 Å². The number of rotatable bonds is 5. The Labute approximate surface area is 173 Å². The van der Waals surface area contributed by atoms with Gasteiger partial charge in [0.05, 0.1) is 24.2 Å². The topological polar surface area (TPSA) is 71.7 Å². The van der Waals surface area contributed by atoms with Crippen molar-refractivity contribution in [1.82, 2.24) is 19.9 Å². The van der Waals surface area contributed by atoms with E-state index in [0.717, 1.165) is 18.7 Å². The number of halogens is 1. The van der Waals surface area contributed by atoms with Crippen LogP contribution in [0.1, 0.15) is 16.2 Å². The average molecular weight is 413 g/mol. The summed E-state index contributed by atoms with van der Waals surface area (Å²) in [5.41, 5.74) is 1.36. The SMILES string of the molecule is COc1cccc(C(=O)N2CCN(Cc3noc(-c4ccccc4Cl)n3)CC2)c1. The molecule has 0 N–H and O–H groups in total. The van der Waals surface area contributed by atoms with E-state index in [1.54, 1.807) is 19.2 Å². The van der Waals surface area contributed by atoms with E-state index in [1.807, 2.05) is 41.3 Å². The van der Waals surface area contributed by atoms with Crippen LogP contribution in [0.4, 0.5) is 0 Å². The maximum absolute atomic E-state index is 12.7. The highest BCUT2D eigenvalue weighted by molar-refractivity contribution is 6.33. The number of nitrogens with zero attached hydrogens (tertiary/aromatic N) is 4. The minimum atomic E-state index is 0.0177. The van der Waals surface area contributed by atoms with Crippen molar-refractivity contribution in [2.75, 3.05) is 33.3 Å². The minimum absolute atomic E-state index is 0.0177. The largest absolute Gasteiger partial charge is 0.497 e. The summed E-state index contributed by atoms with van der Waals surface area (Å²) < 4.78 is 10.6. The molecule has 1 aliphatic rings. The molecule has 7 nitrogen and oxygen atoms in total. The van der Waals surface area contributed by atoms with Gasteiger partial charge in [-0.05, 0) is 30.3 Å². The van der Waals surface area contributed by atoms with E-state index >= 15 is 0 Å². The molecule has 150 valence electrons. The molecule has 0 bridgehead atoms. The molecule has 4 rings (SSSR count). The molecule has 0 atom stereocenters. The molecule has 0 radical (unpaired) electrons. The minimum Gasteiger partial charge on any atom is -0.497 e. The van der Waals surface area contributed by atoms with Crippen molar-refractivity contribution in [1.29, 1.82) is 0 Å². The molecule has 1 saturated heterocycles. The highest BCUT2D eigenvalue weighted by Gasteiger charge is 2.23. The molecule has 3 aromatic rings. The summed E-state index contributed by atoms with van der Waals surface area (Å²) in [5.74, 6) is 1.72. The fraction of sp³-hybridized carbons (Fsp3) is 0.286. The van der Waals surface area contributed by atoms with Gasteiger partial charge in [0.25, 0.3) is 11.8 Å². The van der Waals surface area contributed by atoms with Crippen LogP contribution in [-0.4, -0.2) is 59.1 Å². The molecule has 0 aliphatic carbocycles. The first-order chi connectivity index (χ1) is 14.1. The van der Waals surface area contributed by atoms with E-state index in [4.69, 9.17) is 20.9 Å². The molecule has 1 aromatic heterocycles. The van der Waals surface area contributed by atoms with E-state index in [2.05, 4.69) is 15.0 Å². The van der Waals surface area contributed by atoms with Crippen molar-refractivity contribution in [2.45, 2.75) is 6.54 Å². The van der Waals surface area contributed by atoms with Gasteiger partial charge in [-0.15, -0.1) is 0 Å².